The van der Waals surface area contributed by atoms with E-state index in [0.29, 0.717) is 6.61 Å². The standard InChI is InChI=1S/C31H70O5SSi4/c1-28(2,3)38(14,15)32-22-23-24(34-39(16,17)29(4,5)6)25(35-40(18,19)30(7,8)9)26(27(33-23)37-13)36-41(20,21)31(10,11)12/h23-27H,22H2,1-21H3. The first-order chi connectivity index (χ1) is 17.8. The molecule has 0 radical (unpaired) electrons. The Morgan fingerprint density at radius 1 is 0.512 bits per heavy atom. The van der Waals surface area contributed by atoms with Gasteiger partial charge in [-0.3, -0.25) is 0 Å². The average molecular weight is 667 g/mol. The van der Waals surface area contributed by atoms with Crippen LogP contribution in [0.2, 0.25) is 72.5 Å². The molecule has 1 rings (SSSR count). The SMILES string of the molecule is CSC1OC(CO[Si](C)(C)C(C)(C)C)C(O[Si](C)(C)C(C)(C)C)C(O[Si](C)(C)C(C)(C)C)C1O[Si](C)(C)C(C)(C)C. The van der Waals surface area contributed by atoms with Crippen LogP contribution in [-0.4, -0.2) is 76.0 Å². The molecule has 5 atom stereocenters. The van der Waals surface area contributed by atoms with E-state index in [1.165, 1.54) is 0 Å². The molecule has 10 heteroatoms. The highest BCUT2D eigenvalue weighted by atomic mass is 32.2. The Bertz CT molecular complexity index is 851. The molecule has 0 spiro atoms. The number of hydrogen-bond donors (Lipinski definition) is 0. The second kappa shape index (κ2) is 13.0. The van der Waals surface area contributed by atoms with E-state index in [9.17, 15) is 0 Å². The summed E-state index contributed by atoms with van der Waals surface area (Å²) in [4.78, 5) is 0. The Balaban J connectivity index is 3.83. The zero-order valence-corrected chi connectivity index (χ0v) is 35.9. The first kappa shape index (κ1) is 40.0. The van der Waals surface area contributed by atoms with Gasteiger partial charge < -0.3 is 22.4 Å². The van der Waals surface area contributed by atoms with Crippen LogP contribution in [0.3, 0.4) is 0 Å². The molecule has 5 nitrogen and oxygen atoms in total. The minimum atomic E-state index is -2.21. The van der Waals surface area contributed by atoms with E-state index in [2.05, 4.69) is 142 Å². The highest BCUT2D eigenvalue weighted by molar-refractivity contribution is 7.99. The number of hydrogen-bond acceptors (Lipinski definition) is 6. The van der Waals surface area contributed by atoms with Crippen LogP contribution in [0.25, 0.3) is 0 Å². The summed E-state index contributed by atoms with van der Waals surface area (Å²) in [5.41, 5.74) is -0.161. The van der Waals surface area contributed by atoms with Crippen LogP contribution >= 0.6 is 11.8 Å². The molecule has 1 aliphatic rings. The molecule has 41 heavy (non-hydrogen) atoms. The van der Waals surface area contributed by atoms with Crippen molar-refractivity contribution in [2.75, 3.05) is 12.9 Å². The van der Waals surface area contributed by atoms with Crippen LogP contribution in [0.5, 0.6) is 0 Å². The van der Waals surface area contributed by atoms with Crippen molar-refractivity contribution in [1.29, 1.82) is 0 Å². The summed E-state index contributed by atoms with van der Waals surface area (Å²) in [6.45, 7) is 46.9. The first-order valence-electron chi connectivity index (χ1n) is 15.7. The fraction of sp³-hybridized carbons (Fsp3) is 1.00. The summed E-state index contributed by atoms with van der Waals surface area (Å²) in [5.74, 6) is 0. The van der Waals surface area contributed by atoms with Crippen LogP contribution in [0.15, 0.2) is 0 Å². The fourth-order valence-electron chi connectivity index (χ4n) is 3.66. The molecular weight excluding hydrogens is 597 g/mol. The highest BCUT2D eigenvalue weighted by Gasteiger charge is 2.56. The molecule has 5 unspecified atom stereocenters. The van der Waals surface area contributed by atoms with E-state index >= 15 is 0 Å². The molecule has 1 saturated heterocycles. The van der Waals surface area contributed by atoms with Crippen molar-refractivity contribution in [3.63, 3.8) is 0 Å². The van der Waals surface area contributed by atoms with Crippen molar-refractivity contribution < 1.29 is 22.4 Å². The number of thioether (sulfide) groups is 1. The van der Waals surface area contributed by atoms with E-state index in [1.54, 1.807) is 11.8 Å². The number of ether oxygens (including phenoxy) is 1. The third-order valence-electron chi connectivity index (χ3n) is 10.9. The van der Waals surface area contributed by atoms with E-state index in [1.807, 2.05) is 0 Å². The lowest BCUT2D eigenvalue weighted by Gasteiger charge is -2.55. The quantitative estimate of drug-likeness (QED) is 0.216. The highest BCUT2D eigenvalue weighted by Crippen LogP contribution is 2.47. The summed E-state index contributed by atoms with van der Waals surface area (Å²) in [6.07, 6.45) is 1.17. The molecule has 1 heterocycles. The van der Waals surface area contributed by atoms with Crippen molar-refractivity contribution >= 4 is 45.0 Å². The summed E-state index contributed by atoms with van der Waals surface area (Å²) >= 11 is 1.73. The van der Waals surface area contributed by atoms with Crippen LogP contribution in [-0.2, 0) is 22.4 Å². The van der Waals surface area contributed by atoms with Crippen molar-refractivity contribution in [2.24, 2.45) is 0 Å². The van der Waals surface area contributed by atoms with Gasteiger partial charge in [0.2, 0.25) is 0 Å². The molecule has 0 aliphatic carbocycles. The molecule has 0 amide bonds. The van der Waals surface area contributed by atoms with Crippen molar-refractivity contribution in [3.8, 4) is 0 Å². The monoisotopic (exact) mass is 666 g/mol. The van der Waals surface area contributed by atoms with Crippen LogP contribution < -0.4 is 0 Å². The van der Waals surface area contributed by atoms with Gasteiger partial charge in [0.05, 0.1) is 6.61 Å². The minimum absolute atomic E-state index is 0.0471. The van der Waals surface area contributed by atoms with Gasteiger partial charge in [0.1, 0.15) is 29.9 Å². The number of rotatable bonds is 10. The molecular formula is C31H70O5SSi4. The molecule has 0 N–H and O–H groups in total. The second-order valence-corrected chi connectivity index (χ2v) is 38.4. The Hall–Kier alpha value is 1.02. The molecule has 0 bridgehead atoms. The Morgan fingerprint density at radius 2 is 0.829 bits per heavy atom. The molecule has 0 aromatic carbocycles. The summed E-state index contributed by atoms with van der Waals surface area (Å²) < 4.78 is 36.0. The lowest BCUT2D eigenvalue weighted by Crippen LogP contribution is -2.67. The van der Waals surface area contributed by atoms with Gasteiger partial charge in [-0.25, -0.2) is 0 Å². The zero-order chi connectivity index (χ0) is 32.8. The molecule has 0 saturated carbocycles. The van der Waals surface area contributed by atoms with E-state index in [4.69, 9.17) is 22.4 Å². The van der Waals surface area contributed by atoms with Gasteiger partial charge in [-0.1, -0.05) is 83.1 Å². The normalized spacial score (nSPS) is 26.4. The van der Waals surface area contributed by atoms with Gasteiger partial charge in [-0.2, -0.15) is 0 Å². The Labute approximate surface area is 264 Å². The van der Waals surface area contributed by atoms with E-state index < -0.39 is 33.3 Å². The molecule has 1 fully saturated rings. The minimum Gasteiger partial charge on any atom is -0.414 e. The summed E-state index contributed by atoms with van der Waals surface area (Å²) in [6, 6.07) is 0. The third kappa shape index (κ3) is 9.75. The average Bonchev–Trinajstić information content (AvgIpc) is 2.71. The van der Waals surface area contributed by atoms with Crippen molar-refractivity contribution in [3.05, 3.63) is 0 Å². The smallest absolute Gasteiger partial charge is 0.192 e. The van der Waals surface area contributed by atoms with Crippen molar-refractivity contribution in [1.82, 2.24) is 0 Å². The topological polar surface area (TPSA) is 46.2 Å². The van der Waals surface area contributed by atoms with E-state index in [-0.39, 0.29) is 50.0 Å². The molecule has 246 valence electrons. The molecule has 1 aliphatic heterocycles. The molecule has 0 aromatic heterocycles. The van der Waals surface area contributed by atoms with Crippen LogP contribution in [0.1, 0.15) is 83.1 Å². The molecule has 0 aromatic rings. The summed E-state index contributed by atoms with van der Waals surface area (Å²) in [7, 11) is -8.58. The van der Waals surface area contributed by atoms with Gasteiger partial charge in [-0.15, -0.1) is 11.8 Å². The predicted molar refractivity (Wildman–Crippen MR) is 192 cm³/mol. The Morgan fingerprint density at radius 3 is 1.15 bits per heavy atom. The van der Waals surface area contributed by atoms with Crippen molar-refractivity contribution in [2.45, 2.75) is 185 Å². The maximum Gasteiger partial charge on any atom is 0.192 e. The zero-order valence-electron chi connectivity index (χ0n) is 31.0. The predicted octanol–water partition coefficient (Wildman–Crippen LogP) is 10.3. The van der Waals surface area contributed by atoms with Crippen LogP contribution in [0.4, 0.5) is 0 Å². The second-order valence-electron chi connectivity index (χ2n) is 18.4. The third-order valence-corrected chi connectivity index (χ3v) is 29.7. The van der Waals surface area contributed by atoms with Crippen LogP contribution in [0, 0.1) is 0 Å². The van der Waals surface area contributed by atoms with Gasteiger partial charge in [-0.05, 0) is 78.8 Å². The van der Waals surface area contributed by atoms with Gasteiger partial charge in [0, 0.05) is 0 Å². The first-order valence-corrected chi connectivity index (χ1v) is 28.6. The maximum absolute atomic E-state index is 7.44. The fourth-order valence-corrected chi connectivity index (χ4v) is 9.42. The van der Waals surface area contributed by atoms with E-state index in [0.717, 1.165) is 0 Å². The summed E-state index contributed by atoms with van der Waals surface area (Å²) in [5, 5.41) is 0.277. The lowest BCUT2D eigenvalue weighted by molar-refractivity contribution is -0.191. The largest absolute Gasteiger partial charge is 0.414 e. The van der Waals surface area contributed by atoms with Gasteiger partial charge in [0.15, 0.2) is 33.3 Å². The van der Waals surface area contributed by atoms with Gasteiger partial charge >= 0.3 is 0 Å². The lowest BCUT2D eigenvalue weighted by atomic mass is 10.0. The van der Waals surface area contributed by atoms with Gasteiger partial charge in [0.25, 0.3) is 0 Å². The maximum atomic E-state index is 7.44. The Kier molecular flexibility index (Phi) is 12.7.